The van der Waals surface area contributed by atoms with E-state index >= 15 is 0 Å². The number of aromatic nitrogens is 4. The largest absolute Gasteiger partial charge is 0.382 e. The first-order chi connectivity index (χ1) is 12.9. The Bertz CT molecular complexity index is 810. The number of hydrogen-bond acceptors (Lipinski definition) is 5. The van der Waals surface area contributed by atoms with Crippen LogP contribution in [0.2, 0.25) is 0 Å². The van der Waals surface area contributed by atoms with Gasteiger partial charge in [0.15, 0.2) is 0 Å². The lowest BCUT2D eigenvalue weighted by Gasteiger charge is -2.24. The van der Waals surface area contributed by atoms with Gasteiger partial charge < -0.3 is 10.1 Å². The predicted octanol–water partition coefficient (Wildman–Crippen LogP) is 3.17. The van der Waals surface area contributed by atoms with E-state index in [1.807, 2.05) is 30.3 Å². The van der Waals surface area contributed by atoms with Gasteiger partial charge in [0.25, 0.3) is 0 Å². The van der Waals surface area contributed by atoms with E-state index in [0.29, 0.717) is 18.4 Å². The molecule has 1 aliphatic heterocycles. The minimum absolute atomic E-state index is 0.519. The van der Waals surface area contributed by atoms with Crippen molar-refractivity contribution in [2.45, 2.75) is 31.8 Å². The second-order valence-corrected chi connectivity index (χ2v) is 6.55. The molecular weight excluding hydrogens is 326 g/mol. The van der Waals surface area contributed by atoms with Crippen molar-refractivity contribution in [3.63, 3.8) is 0 Å². The number of nitrogens with one attached hydrogen (secondary N) is 1. The summed E-state index contributed by atoms with van der Waals surface area (Å²) in [5, 5.41) is 16.3. The van der Waals surface area contributed by atoms with Gasteiger partial charge in [-0.15, -0.1) is 10.2 Å². The Hall–Kier alpha value is -2.73. The van der Waals surface area contributed by atoms with Gasteiger partial charge in [0, 0.05) is 30.5 Å². The highest BCUT2D eigenvalue weighted by Crippen LogP contribution is 2.16. The van der Waals surface area contributed by atoms with E-state index in [1.54, 1.807) is 4.80 Å². The number of rotatable bonds is 6. The van der Waals surface area contributed by atoms with Crippen molar-refractivity contribution in [3.8, 4) is 11.4 Å². The van der Waals surface area contributed by atoms with E-state index in [9.17, 15) is 0 Å². The van der Waals surface area contributed by atoms with Crippen LogP contribution in [-0.2, 0) is 17.7 Å². The van der Waals surface area contributed by atoms with Gasteiger partial charge in [-0.1, -0.05) is 42.5 Å². The van der Waals surface area contributed by atoms with Crippen LogP contribution in [-0.4, -0.2) is 39.5 Å². The summed E-state index contributed by atoms with van der Waals surface area (Å²) >= 11 is 0. The molecule has 1 aromatic heterocycles. The van der Waals surface area contributed by atoms with Crippen LogP contribution in [0, 0.1) is 0 Å². The fourth-order valence-corrected chi connectivity index (χ4v) is 3.12. The Morgan fingerprint density at radius 1 is 1.00 bits per heavy atom. The number of anilines is 1. The Kier molecular flexibility index (Phi) is 5.21. The molecule has 1 fully saturated rings. The fourth-order valence-electron chi connectivity index (χ4n) is 3.12. The summed E-state index contributed by atoms with van der Waals surface area (Å²) in [5.41, 5.74) is 3.43. The molecule has 0 radical (unpaired) electrons. The quantitative estimate of drug-likeness (QED) is 0.740. The van der Waals surface area contributed by atoms with Crippen LogP contribution >= 0.6 is 0 Å². The maximum absolute atomic E-state index is 5.40. The molecule has 0 amide bonds. The molecule has 4 rings (SSSR count). The Morgan fingerprint density at radius 2 is 1.77 bits per heavy atom. The SMILES string of the molecule is c1ccc(-c2nnn(CCc3ccc(NC4CCOCC4)cc3)n2)cc1. The fraction of sp³-hybridized carbons (Fsp3) is 0.350. The van der Waals surface area contributed by atoms with Gasteiger partial charge in [-0.2, -0.15) is 4.80 Å². The van der Waals surface area contributed by atoms with E-state index in [1.165, 1.54) is 11.3 Å². The molecule has 1 saturated heterocycles. The first-order valence-electron chi connectivity index (χ1n) is 9.13. The molecule has 1 aliphatic rings. The zero-order chi connectivity index (χ0) is 17.6. The zero-order valence-corrected chi connectivity index (χ0v) is 14.7. The second-order valence-electron chi connectivity index (χ2n) is 6.55. The average Bonchev–Trinajstić information content (AvgIpc) is 3.18. The molecule has 0 atom stereocenters. The molecule has 0 saturated carbocycles. The summed E-state index contributed by atoms with van der Waals surface area (Å²) in [5.74, 6) is 0.668. The van der Waals surface area contributed by atoms with Crippen LogP contribution in [0.4, 0.5) is 5.69 Å². The monoisotopic (exact) mass is 349 g/mol. The number of ether oxygens (including phenoxy) is 1. The maximum Gasteiger partial charge on any atom is 0.204 e. The normalized spacial score (nSPS) is 15.1. The number of nitrogens with zero attached hydrogens (tertiary/aromatic N) is 4. The van der Waals surface area contributed by atoms with Crippen molar-refractivity contribution in [2.75, 3.05) is 18.5 Å². The summed E-state index contributed by atoms with van der Waals surface area (Å²) in [6.45, 7) is 2.42. The smallest absolute Gasteiger partial charge is 0.204 e. The molecule has 26 heavy (non-hydrogen) atoms. The summed E-state index contributed by atoms with van der Waals surface area (Å²) < 4.78 is 5.40. The second kappa shape index (κ2) is 8.10. The van der Waals surface area contributed by atoms with Crippen LogP contribution in [0.15, 0.2) is 54.6 Å². The molecule has 3 aromatic rings. The molecular formula is C20H23N5O. The van der Waals surface area contributed by atoms with Crippen LogP contribution in [0.3, 0.4) is 0 Å². The number of aryl methyl sites for hydroxylation is 2. The maximum atomic E-state index is 5.40. The van der Waals surface area contributed by atoms with Gasteiger partial charge >= 0.3 is 0 Å². The van der Waals surface area contributed by atoms with Crippen LogP contribution in [0.25, 0.3) is 11.4 Å². The molecule has 0 bridgehead atoms. The van der Waals surface area contributed by atoms with Crippen LogP contribution < -0.4 is 5.32 Å². The van der Waals surface area contributed by atoms with Gasteiger partial charge in [-0.25, -0.2) is 0 Å². The summed E-state index contributed by atoms with van der Waals surface area (Å²) in [6, 6.07) is 19.1. The Labute approximate surface area is 153 Å². The molecule has 0 unspecified atom stereocenters. The van der Waals surface area contributed by atoms with Crippen molar-refractivity contribution < 1.29 is 4.74 Å². The summed E-state index contributed by atoms with van der Waals surface area (Å²) in [7, 11) is 0. The zero-order valence-electron chi connectivity index (χ0n) is 14.7. The third kappa shape index (κ3) is 4.26. The third-order valence-electron chi connectivity index (χ3n) is 4.63. The molecule has 1 N–H and O–H groups in total. The minimum atomic E-state index is 0.519. The molecule has 6 nitrogen and oxygen atoms in total. The van der Waals surface area contributed by atoms with Crippen molar-refractivity contribution in [2.24, 2.45) is 0 Å². The summed E-state index contributed by atoms with van der Waals surface area (Å²) in [4.78, 5) is 1.66. The lowest BCUT2D eigenvalue weighted by atomic mass is 10.1. The topological polar surface area (TPSA) is 64.9 Å². The van der Waals surface area contributed by atoms with E-state index in [-0.39, 0.29) is 0 Å². The number of benzene rings is 2. The van der Waals surface area contributed by atoms with E-state index in [0.717, 1.165) is 38.0 Å². The Morgan fingerprint density at radius 3 is 2.54 bits per heavy atom. The highest BCUT2D eigenvalue weighted by Gasteiger charge is 2.13. The average molecular weight is 349 g/mol. The minimum Gasteiger partial charge on any atom is -0.382 e. The lowest BCUT2D eigenvalue weighted by Crippen LogP contribution is -2.27. The molecule has 0 aliphatic carbocycles. The number of hydrogen-bond donors (Lipinski definition) is 1. The van der Waals surface area contributed by atoms with E-state index < -0.39 is 0 Å². The highest BCUT2D eigenvalue weighted by molar-refractivity contribution is 5.53. The van der Waals surface area contributed by atoms with Gasteiger partial charge in [-0.05, 0) is 42.2 Å². The van der Waals surface area contributed by atoms with Gasteiger partial charge in [0.1, 0.15) is 0 Å². The molecule has 6 heteroatoms. The van der Waals surface area contributed by atoms with Crippen LogP contribution in [0.5, 0.6) is 0 Å². The standard InChI is InChI=1S/C20H23N5O/c1-2-4-17(5-3-1)20-22-24-25(23-20)13-10-16-6-8-18(9-7-16)21-19-11-14-26-15-12-19/h1-9,19,21H,10-15H2. The van der Waals surface area contributed by atoms with Gasteiger partial charge in [0.2, 0.25) is 5.82 Å². The van der Waals surface area contributed by atoms with Crippen molar-refractivity contribution in [1.29, 1.82) is 0 Å². The molecule has 2 heterocycles. The summed E-state index contributed by atoms with van der Waals surface area (Å²) in [6.07, 6.45) is 3.02. The molecule has 2 aromatic carbocycles. The molecule has 134 valence electrons. The first-order valence-corrected chi connectivity index (χ1v) is 9.13. The number of tetrazole rings is 1. The van der Waals surface area contributed by atoms with E-state index in [4.69, 9.17) is 4.74 Å². The highest BCUT2D eigenvalue weighted by atomic mass is 16.5. The predicted molar refractivity (Wildman–Crippen MR) is 101 cm³/mol. The van der Waals surface area contributed by atoms with E-state index in [2.05, 4.69) is 45.0 Å². The van der Waals surface area contributed by atoms with Crippen LogP contribution in [0.1, 0.15) is 18.4 Å². The molecule has 0 spiro atoms. The van der Waals surface area contributed by atoms with Crippen molar-refractivity contribution >= 4 is 5.69 Å². The van der Waals surface area contributed by atoms with Crippen molar-refractivity contribution in [1.82, 2.24) is 20.2 Å². The van der Waals surface area contributed by atoms with Gasteiger partial charge in [0.05, 0.1) is 6.54 Å². The first kappa shape index (κ1) is 16.7. The Balaban J connectivity index is 1.31. The lowest BCUT2D eigenvalue weighted by molar-refractivity contribution is 0.0904. The van der Waals surface area contributed by atoms with Gasteiger partial charge in [-0.3, -0.25) is 0 Å². The van der Waals surface area contributed by atoms with Crippen molar-refractivity contribution in [3.05, 3.63) is 60.2 Å². The third-order valence-corrected chi connectivity index (χ3v) is 4.63.